The van der Waals surface area contributed by atoms with Crippen LogP contribution >= 0.6 is 0 Å². The third kappa shape index (κ3) is 1.52. The Morgan fingerprint density at radius 2 is 1.82 bits per heavy atom. The van der Waals surface area contributed by atoms with Gasteiger partial charge in [0.05, 0.1) is 13.2 Å². The van der Waals surface area contributed by atoms with Gasteiger partial charge in [-0.2, -0.15) is 0 Å². The Labute approximate surface area is 98.3 Å². The lowest BCUT2D eigenvalue weighted by atomic mass is 10.1. The molecular weight excluding hydrogens is 214 g/mol. The second-order valence-electron chi connectivity index (χ2n) is 4.16. The van der Waals surface area contributed by atoms with Crippen molar-refractivity contribution in [2.24, 2.45) is 0 Å². The molecule has 3 rings (SSSR count). The van der Waals surface area contributed by atoms with Crippen LogP contribution in [0.4, 0.5) is 0 Å². The molecule has 0 radical (unpaired) electrons. The summed E-state index contributed by atoms with van der Waals surface area (Å²) in [6.45, 7) is 0.0736. The molecule has 0 saturated carbocycles. The fourth-order valence-electron chi connectivity index (χ4n) is 2.31. The largest absolute Gasteiger partial charge is 0.392 e. The van der Waals surface area contributed by atoms with Crippen LogP contribution in [0.5, 0.6) is 0 Å². The van der Waals surface area contributed by atoms with Gasteiger partial charge < -0.3 is 15.2 Å². The lowest BCUT2D eigenvalue weighted by Crippen LogP contribution is -1.84. The van der Waals surface area contributed by atoms with E-state index in [4.69, 9.17) is 5.11 Å². The van der Waals surface area contributed by atoms with Crippen LogP contribution in [0.1, 0.15) is 11.1 Å². The minimum absolute atomic E-state index is 0.0338. The summed E-state index contributed by atoms with van der Waals surface area (Å²) in [5.41, 5.74) is 3.81. The van der Waals surface area contributed by atoms with Crippen LogP contribution < -0.4 is 0 Å². The topological polar surface area (TPSA) is 56.2 Å². The predicted octanol–water partition coefficient (Wildman–Crippen LogP) is 2.31. The van der Waals surface area contributed by atoms with E-state index in [-0.39, 0.29) is 13.2 Å². The van der Waals surface area contributed by atoms with Crippen LogP contribution in [0.25, 0.3) is 21.8 Å². The molecule has 17 heavy (non-hydrogen) atoms. The number of fused-ring (bicyclic) bond motifs is 3. The van der Waals surface area contributed by atoms with Crippen molar-refractivity contribution in [3.05, 3.63) is 47.5 Å². The highest BCUT2D eigenvalue weighted by molar-refractivity contribution is 6.09. The maximum atomic E-state index is 9.36. The Bertz CT molecular complexity index is 685. The quantitative estimate of drug-likeness (QED) is 0.629. The number of aromatic nitrogens is 1. The molecule has 0 unspecified atom stereocenters. The smallest absolute Gasteiger partial charge is 0.0688 e. The highest BCUT2D eigenvalue weighted by Gasteiger charge is 2.08. The van der Waals surface area contributed by atoms with Gasteiger partial charge in [-0.25, -0.2) is 0 Å². The summed E-state index contributed by atoms with van der Waals surface area (Å²) in [5, 5.41) is 20.6. The van der Waals surface area contributed by atoms with Gasteiger partial charge in [0, 0.05) is 21.8 Å². The summed E-state index contributed by atoms with van der Waals surface area (Å²) in [4.78, 5) is 3.31. The van der Waals surface area contributed by atoms with Crippen LogP contribution in [0.2, 0.25) is 0 Å². The number of aromatic amines is 1. The molecule has 0 fully saturated rings. The van der Waals surface area contributed by atoms with Gasteiger partial charge >= 0.3 is 0 Å². The minimum Gasteiger partial charge on any atom is -0.392 e. The van der Waals surface area contributed by atoms with Crippen LogP contribution in [0.3, 0.4) is 0 Å². The first-order valence-electron chi connectivity index (χ1n) is 5.57. The highest BCUT2D eigenvalue weighted by Crippen LogP contribution is 2.29. The number of aliphatic hydroxyl groups is 2. The van der Waals surface area contributed by atoms with Gasteiger partial charge in [0.15, 0.2) is 0 Å². The lowest BCUT2D eigenvalue weighted by Gasteiger charge is -1.99. The van der Waals surface area contributed by atoms with Gasteiger partial charge in [0.1, 0.15) is 0 Å². The van der Waals surface area contributed by atoms with Gasteiger partial charge in [-0.3, -0.25) is 0 Å². The molecule has 2 aromatic carbocycles. The zero-order valence-electron chi connectivity index (χ0n) is 9.27. The van der Waals surface area contributed by atoms with Crippen molar-refractivity contribution >= 4 is 21.8 Å². The van der Waals surface area contributed by atoms with Crippen molar-refractivity contribution in [2.45, 2.75) is 13.2 Å². The Balaban J connectivity index is 2.42. The van der Waals surface area contributed by atoms with Crippen molar-refractivity contribution < 1.29 is 10.2 Å². The van der Waals surface area contributed by atoms with E-state index in [9.17, 15) is 5.11 Å². The summed E-state index contributed by atoms with van der Waals surface area (Å²) >= 11 is 0. The molecular formula is C14H13NO2. The summed E-state index contributed by atoms with van der Waals surface area (Å²) in [5.74, 6) is 0. The highest BCUT2D eigenvalue weighted by atomic mass is 16.3. The second kappa shape index (κ2) is 3.87. The monoisotopic (exact) mass is 227 g/mol. The number of hydrogen-bond donors (Lipinski definition) is 3. The van der Waals surface area contributed by atoms with E-state index in [1.165, 1.54) is 0 Å². The molecule has 0 aliphatic carbocycles. The van der Waals surface area contributed by atoms with Crippen molar-refractivity contribution in [2.75, 3.05) is 0 Å². The third-order valence-electron chi connectivity index (χ3n) is 3.13. The average molecular weight is 227 g/mol. The molecule has 0 spiro atoms. The molecule has 3 aromatic rings. The van der Waals surface area contributed by atoms with Crippen molar-refractivity contribution in [3.8, 4) is 0 Å². The molecule has 3 nitrogen and oxygen atoms in total. The number of benzene rings is 2. The average Bonchev–Trinajstić information content (AvgIpc) is 2.75. The summed E-state index contributed by atoms with van der Waals surface area (Å²) in [6.07, 6.45) is 0. The van der Waals surface area contributed by atoms with Gasteiger partial charge in [0.2, 0.25) is 0 Å². The fourth-order valence-corrected chi connectivity index (χ4v) is 2.31. The number of nitrogens with one attached hydrogen (secondary N) is 1. The number of H-pyrrole nitrogens is 1. The SMILES string of the molecule is OCc1ccc2c(c1)[nH]c1cccc(CO)c12. The Morgan fingerprint density at radius 3 is 2.59 bits per heavy atom. The van der Waals surface area contributed by atoms with E-state index in [1.54, 1.807) is 0 Å². The zero-order valence-corrected chi connectivity index (χ0v) is 9.27. The molecule has 0 aliphatic rings. The molecule has 1 aromatic heterocycles. The van der Waals surface area contributed by atoms with E-state index >= 15 is 0 Å². The summed E-state index contributed by atoms with van der Waals surface area (Å²) in [6, 6.07) is 11.7. The molecule has 86 valence electrons. The normalized spacial score (nSPS) is 11.4. The van der Waals surface area contributed by atoms with Crippen LogP contribution in [0, 0.1) is 0 Å². The third-order valence-corrected chi connectivity index (χ3v) is 3.13. The second-order valence-corrected chi connectivity index (χ2v) is 4.16. The summed E-state index contributed by atoms with van der Waals surface area (Å²) < 4.78 is 0. The van der Waals surface area contributed by atoms with E-state index in [0.717, 1.165) is 32.9 Å². The lowest BCUT2D eigenvalue weighted by molar-refractivity contribution is 0.282. The van der Waals surface area contributed by atoms with Crippen molar-refractivity contribution in [1.82, 2.24) is 4.98 Å². The first-order chi connectivity index (χ1) is 8.33. The first-order valence-corrected chi connectivity index (χ1v) is 5.57. The molecule has 0 aliphatic heterocycles. The Morgan fingerprint density at radius 1 is 0.941 bits per heavy atom. The van der Waals surface area contributed by atoms with Crippen molar-refractivity contribution in [3.63, 3.8) is 0 Å². The number of rotatable bonds is 2. The maximum Gasteiger partial charge on any atom is 0.0688 e. The number of aliphatic hydroxyl groups excluding tert-OH is 2. The van der Waals surface area contributed by atoms with Gasteiger partial charge in [-0.1, -0.05) is 24.3 Å². The van der Waals surface area contributed by atoms with E-state index in [0.29, 0.717) is 0 Å². The minimum atomic E-state index is 0.0338. The molecule has 0 bridgehead atoms. The van der Waals surface area contributed by atoms with E-state index < -0.39 is 0 Å². The molecule has 3 heteroatoms. The van der Waals surface area contributed by atoms with Crippen molar-refractivity contribution in [1.29, 1.82) is 0 Å². The van der Waals surface area contributed by atoms with Gasteiger partial charge in [-0.05, 0) is 23.3 Å². The van der Waals surface area contributed by atoms with Crippen LogP contribution in [-0.2, 0) is 13.2 Å². The molecule has 0 atom stereocenters. The van der Waals surface area contributed by atoms with Crippen LogP contribution in [0.15, 0.2) is 36.4 Å². The fraction of sp³-hybridized carbons (Fsp3) is 0.143. The Hall–Kier alpha value is -1.84. The maximum absolute atomic E-state index is 9.36. The standard InChI is InChI=1S/C14H13NO2/c16-7-9-4-5-11-13(6-9)15-12-3-1-2-10(8-17)14(11)12/h1-6,15-17H,7-8H2. The van der Waals surface area contributed by atoms with Crippen LogP contribution in [-0.4, -0.2) is 15.2 Å². The number of hydrogen-bond acceptors (Lipinski definition) is 2. The van der Waals surface area contributed by atoms with Gasteiger partial charge in [0.25, 0.3) is 0 Å². The van der Waals surface area contributed by atoms with E-state index in [1.807, 2.05) is 36.4 Å². The Kier molecular flexibility index (Phi) is 2.35. The first kappa shape index (κ1) is 10.3. The molecule has 1 heterocycles. The predicted molar refractivity (Wildman–Crippen MR) is 67.7 cm³/mol. The van der Waals surface area contributed by atoms with Gasteiger partial charge in [-0.15, -0.1) is 0 Å². The molecule has 0 saturated heterocycles. The summed E-state index contributed by atoms with van der Waals surface area (Å²) in [7, 11) is 0. The zero-order chi connectivity index (χ0) is 11.8. The molecule has 0 amide bonds. The van der Waals surface area contributed by atoms with E-state index in [2.05, 4.69) is 4.98 Å². The molecule has 3 N–H and O–H groups in total.